The Hall–Kier alpha value is -1.17. The van der Waals surface area contributed by atoms with Crippen molar-refractivity contribution in [1.29, 1.82) is 0 Å². The molecule has 0 amide bonds. The lowest BCUT2D eigenvalue weighted by Gasteiger charge is -2.16. The van der Waals surface area contributed by atoms with E-state index < -0.39 is 0 Å². The van der Waals surface area contributed by atoms with E-state index in [2.05, 4.69) is 10.6 Å². The minimum Gasteiger partial charge on any atom is -0.357 e. The molecule has 2 N–H and O–H groups in total. The zero-order valence-electron chi connectivity index (χ0n) is 10.3. The van der Waals surface area contributed by atoms with Crippen LogP contribution in [0.1, 0.15) is 5.56 Å². The van der Waals surface area contributed by atoms with E-state index in [1.807, 2.05) is 31.2 Å². The summed E-state index contributed by atoms with van der Waals surface area (Å²) in [5, 5.41) is 6.67. The minimum absolute atomic E-state index is 0.299. The number of hydrogen-bond donors (Lipinski definition) is 2. The van der Waals surface area contributed by atoms with Crippen LogP contribution in [-0.2, 0) is 9.47 Å². The third-order valence-corrected chi connectivity index (χ3v) is 2.48. The maximum absolute atomic E-state index is 5.16. The molecule has 0 saturated heterocycles. The summed E-state index contributed by atoms with van der Waals surface area (Å²) in [6.45, 7) is 2.54. The highest BCUT2D eigenvalue weighted by molar-refractivity contribution is 7.80. The Labute approximate surface area is 107 Å². The number of thiocarbonyl (C=S) groups is 1. The summed E-state index contributed by atoms with van der Waals surface area (Å²) in [7, 11) is 3.18. The normalized spacial score (nSPS) is 10.4. The fourth-order valence-electron chi connectivity index (χ4n) is 1.34. The van der Waals surface area contributed by atoms with Crippen LogP contribution in [0.15, 0.2) is 24.3 Å². The predicted octanol–water partition coefficient (Wildman–Crippen LogP) is 1.90. The second kappa shape index (κ2) is 7.21. The van der Waals surface area contributed by atoms with Gasteiger partial charge in [0.25, 0.3) is 0 Å². The van der Waals surface area contributed by atoms with E-state index in [-0.39, 0.29) is 6.29 Å². The molecule has 0 heterocycles. The topological polar surface area (TPSA) is 42.5 Å². The van der Waals surface area contributed by atoms with Crippen molar-refractivity contribution < 1.29 is 9.47 Å². The number of benzene rings is 1. The highest BCUT2D eigenvalue weighted by Gasteiger charge is 2.05. The number of rotatable bonds is 5. The van der Waals surface area contributed by atoms with Gasteiger partial charge in [0.05, 0.1) is 6.54 Å². The van der Waals surface area contributed by atoms with Crippen LogP contribution in [0.5, 0.6) is 0 Å². The molecular formula is C12H18N2O2S. The van der Waals surface area contributed by atoms with Crippen molar-refractivity contribution in [2.24, 2.45) is 0 Å². The van der Waals surface area contributed by atoms with Crippen molar-refractivity contribution >= 4 is 23.0 Å². The van der Waals surface area contributed by atoms with Gasteiger partial charge in [-0.15, -0.1) is 0 Å². The van der Waals surface area contributed by atoms with Gasteiger partial charge in [-0.3, -0.25) is 0 Å². The largest absolute Gasteiger partial charge is 0.357 e. The number of hydrogen-bond acceptors (Lipinski definition) is 3. The Kier molecular flexibility index (Phi) is 5.90. The van der Waals surface area contributed by atoms with E-state index in [4.69, 9.17) is 21.7 Å². The van der Waals surface area contributed by atoms with Gasteiger partial charge < -0.3 is 20.1 Å². The summed E-state index contributed by atoms with van der Waals surface area (Å²) in [6, 6.07) is 8.00. The summed E-state index contributed by atoms with van der Waals surface area (Å²) in [5.41, 5.74) is 2.15. The summed E-state index contributed by atoms with van der Waals surface area (Å²) in [5.74, 6) is 0. The van der Waals surface area contributed by atoms with Crippen molar-refractivity contribution in [3.8, 4) is 0 Å². The quantitative estimate of drug-likeness (QED) is 0.620. The molecule has 94 valence electrons. The fraction of sp³-hybridized carbons (Fsp3) is 0.417. The van der Waals surface area contributed by atoms with Crippen LogP contribution in [0.3, 0.4) is 0 Å². The Morgan fingerprint density at radius 3 is 2.65 bits per heavy atom. The van der Waals surface area contributed by atoms with Crippen LogP contribution >= 0.6 is 12.2 Å². The molecule has 0 unspecified atom stereocenters. The number of methoxy groups -OCH3 is 2. The Morgan fingerprint density at radius 2 is 2.06 bits per heavy atom. The molecule has 4 nitrogen and oxygen atoms in total. The maximum atomic E-state index is 5.16. The van der Waals surface area contributed by atoms with Crippen LogP contribution in [0, 0.1) is 6.92 Å². The molecule has 1 aromatic carbocycles. The van der Waals surface area contributed by atoms with Crippen LogP contribution in [0.4, 0.5) is 5.69 Å². The zero-order valence-corrected chi connectivity index (χ0v) is 11.1. The molecule has 0 aliphatic rings. The summed E-state index contributed by atoms with van der Waals surface area (Å²) in [6.07, 6.45) is -0.299. The molecule has 0 bridgehead atoms. The van der Waals surface area contributed by atoms with Crippen molar-refractivity contribution in [2.75, 3.05) is 26.1 Å². The zero-order chi connectivity index (χ0) is 12.7. The van der Waals surface area contributed by atoms with Crippen LogP contribution in [0.25, 0.3) is 0 Å². The number of aryl methyl sites for hydroxylation is 1. The van der Waals surface area contributed by atoms with Crippen LogP contribution in [-0.4, -0.2) is 32.2 Å². The lowest BCUT2D eigenvalue weighted by Crippen LogP contribution is -2.36. The molecular weight excluding hydrogens is 236 g/mol. The Balaban J connectivity index is 2.39. The molecule has 1 aromatic rings. The van der Waals surface area contributed by atoms with E-state index in [0.29, 0.717) is 11.7 Å². The van der Waals surface area contributed by atoms with Gasteiger partial charge in [-0.2, -0.15) is 0 Å². The average molecular weight is 254 g/mol. The molecule has 0 fully saturated rings. The molecule has 0 aromatic heterocycles. The van der Waals surface area contributed by atoms with E-state index in [0.717, 1.165) is 5.69 Å². The second-order valence-electron chi connectivity index (χ2n) is 3.61. The molecule has 0 saturated carbocycles. The predicted molar refractivity (Wildman–Crippen MR) is 73.2 cm³/mol. The monoisotopic (exact) mass is 254 g/mol. The maximum Gasteiger partial charge on any atom is 0.174 e. The van der Waals surface area contributed by atoms with Gasteiger partial charge >= 0.3 is 0 Å². The van der Waals surface area contributed by atoms with Crippen molar-refractivity contribution in [2.45, 2.75) is 13.2 Å². The smallest absolute Gasteiger partial charge is 0.174 e. The standard InChI is InChI=1S/C12H18N2O2S/c1-9-5-4-6-10(7-9)14-12(17)13-8-11(15-2)16-3/h4-7,11H,8H2,1-3H3,(H2,13,14,17). The molecule has 0 aliphatic heterocycles. The first-order valence-electron chi connectivity index (χ1n) is 5.33. The third kappa shape index (κ3) is 5.12. The third-order valence-electron chi connectivity index (χ3n) is 2.23. The first kappa shape index (κ1) is 13.9. The second-order valence-corrected chi connectivity index (χ2v) is 4.01. The summed E-state index contributed by atoms with van der Waals surface area (Å²) in [4.78, 5) is 0. The van der Waals surface area contributed by atoms with Gasteiger partial charge in [0.2, 0.25) is 0 Å². The molecule has 0 radical (unpaired) electrons. The van der Waals surface area contributed by atoms with Gasteiger partial charge in [-0.25, -0.2) is 0 Å². The van der Waals surface area contributed by atoms with Gasteiger partial charge in [0.1, 0.15) is 0 Å². The van der Waals surface area contributed by atoms with E-state index in [1.54, 1.807) is 14.2 Å². The van der Waals surface area contributed by atoms with E-state index >= 15 is 0 Å². The molecule has 5 heteroatoms. The Morgan fingerprint density at radius 1 is 1.35 bits per heavy atom. The van der Waals surface area contributed by atoms with Crippen LogP contribution in [0.2, 0.25) is 0 Å². The van der Waals surface area contributed by atoms with Crippen LogP contribution < -0.4 is 10.6 Å². The molecule has 17 heavy (non-hydrogen) atoms. The highest BCUT2D eigenvalue weighted by Crippen LogP contribution is 2.08. The first-order chi connectivity index (χ1) is 8.15. The molecule has 0 atom stereocenters. The molecule has 0 spiro atoms. The van der Waals surface area contributed by atoms with Crippen molar-refractivity contribution in [3.05, 3.63) is 29.8 Å². The lowest BCUT2D eigenvalue weighted by molar-refractivity contribution is -0.0964. The summed E-state index contributed by atoms with van der Waals surface area (Å²) >= 11 is 5.16. The first-order valence-corrected chi connectivity index (χ1v) is 5.73. The molecule has 1 rings (SSSR count). The van der Waals surface area contributed by atoms with Gasteiger partial charge in [-0.05, 0) is 36.8 Å². The molecule has 0 aliphatic carbocycles. The minimum atomic E-state index is -0.299. The fourth-order valence-corrected chi connectivity index (χ4v) is 1.54. The summed E-state index contributed by atoms with van der Waals surface area (Å²) < 4.78 is 10.1. The van der Waals surface area contributed by atoms with Gasteiger partial charge in [0.15, 0.2) is 11.4 Å². The highest BCUT2D eigenvalue weighted by atomic mass is 32.1. The Bertz CT molecular complexity index is 367. The number of ether oxygens (including phenoxy) is 2. The van der Waals surface area contributed by atoms with E-state index in [1.165, 1.54) is 5.56 Å². The van der Waals surface area contributed by atoms with Crippen molar-refractivity contribution in [1.82, 2.24) is 5.32 Å². The number of nitrogens with one attached hydrogen (secondary N) is 2. The lowest BCUT2D eigenvalue weighted by atomic mass is 10.2. The van der Waals surface area contributed by atoms with Gasteiger partial charge in [0, 0.05) is 19.9 Å². The average Bonchev–Trinajstić information content (AvgIpc) is 2.30. The van der Waals surface area contributed by atoms with Crippen molar-refractivity contribution in [3.63, 3.8) is 0 Å². The van der Waals surface area contributed by atoms with E-state index in [9.17, 15) is 0 Å². The number of anilines is 1. The van der Waals surface area contributed by atoms with Gasteiger partial charge in [-0.1, -0.05) is 12.1 Å². The SMILES string of the molecule is COC(CNC(=S)Nc1cccc(C)c1)OC.